The molecule has 0 heterocycles. The quantitative estimate of drug-likeness (QED) is 0.499. The number of ether oxygens (including phenoxy) is 2. The normalized spacial score (nSPS) is 10.8. The van der Waals surface area contributed by atoms with Gasteiger partial charge in [0.25, 0.3) is 0 Å². The third kappa shape index (κ3) is 5.51. The Bertz CT molecular complexity index is 682. The monoisotopic (exact) mass is 439 g/mol. The Morgan fingerprint density at radius 1 is 1.04 bits per heavy atom. The standard InChI is InChI=1S/C20H24IO3/c1-13(2)24-19(22)12-23-18-8-6-17(7-9-18)21-20-15(4)10-14(3)11-16(20)5/h6-11,13H,12H2,1-5H3/q+1. The van der Waals surface area contributed by atoms with E-state index < -0.39 is 0 Å². The molecule has 0 atom stereocenters. The lowest BCUT2D eigenvalue weighted by atomic mass is 10.1. The van der Waals surface area contributed by atoms with Crippen LogP contribution in [-0.2, 0) is 9.53 Å². The molecule has 0 fully saturated rings. The van der Waals surface area contributed by atoms with Crippen LogP contribution in [0.5, 0.6) is 5.75 Å². The highest BCUT2D eigenvalue weighted by atomic mass is 127. The maximum atomic E-state index is 11.5. The Labute approximate surface area is 154 Å². The van der Waals surface area contributed by atoms with Gasteiger partial charge < -0.3 is 9.47 Å². The van der Waals surface area contributed by atoms with Crippen molar-refractivity contribution in [3.63, 3.8) is 0 Å². The Morgan fingerprint density at radius 3 is 2.17 bits per heavy atom. The summed E-state index contributed by atoms with van der Waals surface area (Å²) in [7, 11) is 0. The molecule has 0 bridgehead atoms. The van der Waals surface area contributed by atoms with Gasteiger partial charge in [0.15, 0.2) is 13.7 Å². The number of benzene rings is 2. The maximum absolute atomic E-state index is 11.5. The lowest BCUT2D eigenvalue weighted by Crippen LogP contribution is -3.62. The van der Waals surface area contributed by atoms with E-state index in [1.54, 1.807) is 0 Å². The summed E-state index contributed by atoms with van der Waals surface area (Å²) in [6.45, 7) is 10.1. The lowest BCUT2D eigenvalue weighted by molar-refractivity contribution is -0.598. The van der Waals surface area contributed by atoms with Crippen molar-refractivity contribution in [3.8, 4) is 5.75 Å². The highest BCUT2D eigenvalue weighted by Gasteiger charge is 2.21. The smallest absolute Gasteiger partial charge is 0.358 e. The van der Waals surface area contributed by atoms with Gasteiger partial charge in [-0.1, -0.05) is 17.7 Å². The summed E-state index contributed by atoms with van der Waals surface area (Å²) in [5, 5.41) is 0. The first-order chi connectivity index (χ1) is 11.3. The van der Waals surface area contributed by atoms with Gasteiger partial charge >= 0.3 is 27.2 Å². The van der Waals surface area contributed by atoms with E-state index in [1.165, 1.54) is 23.8 Å². The van der Waals surface area contributed by atoms with Gasteiger partial charge in [0.05, 0.1) is 6.10 Å². The van der Waals surface area contributed by atoms with Crippen LogP contribution in [0.15, 0.2) is 36.4 Å². The van der Waals surface area contributed by atoms with Gasteiger partial charge in [0, 0.05) is 11.1 Å². The second-order valence-electron chi connectivity index (χ2n) is 6.09. The first kappa shape index (κ1) is 18.8. The molecule has 0 unspecified atom stereocenters. The summed E-state index contributed by atoms with van der Waals surface area (Å²) < 4.78 is 13.3. The number of rotatable bonds is 6. The van der Waals surface area contributed by atoms with Crippen LogP contribution in [-0.4, -0.2) is 18.7 Å². The molecule has 4 heteroatoms. The number of hydrogen-bond acceptors (Lipinski definition) is 3. The number of hydrogen-bond donors (Lipinski definition) is 0. The van der Waals surface area contributed by atoms with E-state index >= 15 is 0 Å². The fourth-order valence-electron chi connectivity index (χ4n) is 2.45. The van der Waals surface area contributed by atoms with Crippen LogP contribution in [0.4, 0.5) is 0 Å². The Balaban J connectivity index is 1.99. The van der Waals surface area contributed by atoms with Crippen molar-refractivity contribution in [2.24, 2.45) is 0 Å². The minimum absolute atomic E-state index is 0.0528. The summed E-state index contributed by atoms with van der Waals surface area (Å²) in [6, 6.07) is 12.5. The molecule has 0 aliphatic heterocycles. The van der Waals surface area contributed by atoms with Crippen molar-refractivity contribution >= 4 is 5.97 Å². The minimum atomic E-state index is -0.340. The van der Waals surface area contributed by atoms with Crippen LogP contribution in [0.3, 0.4) is 0 Å². The summed E-state index contributed by atoms with van der Waals surface area (Å²) in [4.78, 5) is 11.5. The van der Waals surface area contributed by atoms with Crippen molar-refractivity contribution in [1.82, 2.24) is 0 Å². The summed E-state index contributed by atoms with van der Waals surface area (Å²) in [5.74, 6) is 0.355. The van der Waals surface area contributed by atoms with Crippen molar-refractivity contribution in [2.75, 3.05) is 6.61 Å². The van der Waals surface area contributed by atoms with Gasteiger partial charge in [0.2, 0.25) is 0 Å². The average Bonchev–Trinajstić information content (AvgIpc) is 2.49. The van der Waals surface area contributed by atoms with Crippen LogP contribution in [0, 0.1) is 27.9 Å². The number of esters is 1. The molecule has 0 N–H and O–H groups in total. The molecular weight excluding hydrogens is 415 g/mol. The van der Waals surface area contributed by atoms with E-state index in [-0.39, 0.29) is 39.9 Å². The summed E-state index contributed by atoms with van der Waals surface area (Å²) in [5.41, 5.74) is 4.06. The SMILES string of the molecule is Cc1cc(C)c([I+]c2ccc(OCC(=O)OC(C)C)cc2)c(C)c1. The molecule has 2 aromatic carbocycles. The maximum Gasteiger partial charge on any atom is 0.358 e. The molecule has 0 aliphatic carbocycles. The number of carbonyl (C=O) groups is 1. The topological polar surface area (TPSA) is 35.5 Å². The molecular formula is C20H24IO3+. The van der Waals surface area contributed by atoms with Crippen LogP contribution in [0.25, 0.3) is 0 Å². The zero-order valence-electron chi connectivity index (χ0n) is 14.9. The van der Waals surface area contributed by atoms with Gasteiger partial charge in [-0.2, -0.15) is 0 Å². The molecule has 3 nitrogen and oxygen atoms in total. The van der Waals surface area contributed by atoms with E-state index in [0.29, 0.717) is 5.75 Å². The molecule has 0 radical (unpaired) electrons. The molecule has 0 saturated heterocycles. The fraction of sp³-hybridized carbons (Fsp3) is 0.350. The third-order valence-electron chi connectivity index (χ3n) is 3.32. The third-order valence-corrected chi connectivity index (χ3v) is 6.90. The molecule has 0 spiro atoms. The van der Waals surface area contributed by atoms with Crippen LogP contribution < -0.4 is 25.9 Å². The first-order valence-electron chi connectivity index (χ1n) is 8.00. The minimum Gasteiger partial charge on any atom is -0.482 e. The predicted molar refractivity (Wildman–Crippen MR) is 91.2 cm³/mol. The molecule has 0 amide bonds. The molecule has 0 aliphatic rings. The number of aryl methyl sites for hydroxylation is 3. The van der Waals surface area contributed by atoms with E-state index in [2.05, 4.69) is 45.0 Å². The highest BCUT2D eigenvalue weighted by molar-refractivity contribution is 5.71. The number of halogens is 1. The predicted octanol–water partition coefficient (Wildman–Crippen LogP) is 1.07. The fourth-order valence-corrected chi connectivity index (χ4v) is 4.96. The van der Waals surface area contributed by atoms with E-state index in [0.717, 1.165) is 0 Å². The number of carbonyl (C=O) groups excluding carboxylic acids is 1. The first-order valence-corrected chi connectivity index (χ1v) is 10.2. The Morgan fingerprint density at radius 2 is 1.62 bits per heavy atom. The molecule has 2 rings (SSSR count). The van der Waals surface area contributed by atoms with Gasteiger partial charge in [-0.25, -0.2) is 4.79 Å². The Kier molecular flexibility index (Phi) is 6.66. The van der Waals surface area contributed by atoms with Crippen molar-refractivity contribution in [1.29, 1.82) is 0 Å². The summed E-state index contributed by atoms with van der Waals surface area (Å²) >= 11 is -0.222. The van der Waals surface area contributed by atoms with E-state index in [4.69, 9.17) is 9.47 Å². The Hall–Kier alpha value is -1.56. The molecule has 0 aromatic heterocycles. The van der Waals surface area contributed by atoms with Crippen LogP contribution >= 0.6 is 0 Å². The van der Waals surface area contributed by atoms with Crippen molar-refractivity contribution in [3.05, 3.63) is 60.2 Å². The van der Waals surface area contributed by atoms with Crippen molar-refractivity contribution in [2.45, 2.75) is 40.7 Å². The average molecular weight is 439 g/mol. The van der Waals surface area contributed by atoms with E-state index in [1.807, 2.05) is 26.0 Å². The molecule has 128 valence electrons. The van der Waals surface area contributed by atoms with Gasteiger partial charge in [0.1, 0.15) is 5.75 Å². The zero-order valence-corrected chi connectivity index (χ0v) is 17.0. The van der Waals surface area contributed by atoms with Gasteiger partial charge in [-0.3, -0.25) is 0 Å². The molecule has 2 aromatic rings. The van der Waals surface area contributed by atoms with Crippen molar-refractivity contribution < 1.29 is 35.5 Å². The van der Waals surface area contributed by atoms with Crippen LogP contribution in [0.1, 0.15) is 30.5 Å². The highest BCUT2D eigenvalue weighted by Crippen LogP contribution is 2.10. The second kappa shape index (κ2) is 8.51. The second-order valence-corrected chi connectivity index (χ2v) is 8.95. The lowest BCUT2D eigenvalue weighted by Gasteiger charge is -2.08. The zero-order chi connectivity index (χ0) is 17.7. The largest absolute Gasteiger partial charge is 0.482 e. The van der Waals surface area contributed by atoms with Gasteiger partial charge in [-0.05, 0) is 58.9 Å². The molecule has 0 saturated carbocycles. The van der Waals surface area contributed by atoms with Gasteiger partial charge in [-0.15, -0.1) is 0 Å². The van der Waals surface area contributed by atoms with Crippen LogP contribution in [0.2, 0.25) is 0 Å². The summed E-state index contributed by atoms with van der Waals surface area (Å²) in [6.07, 6.45) is -0.116. The van der Waals surface area contributed by atoms with E-state index in [9.17, 15) is 4.79 Å². The molecule has 24 heavy (non-hydrogen) atoms.